The van der Waals surface area contributed by atoms with E-state index in [0.717, 1.165) is 20.3 Å². The van der Waals surface area contributed by atoms with Crippen LogP contribution in [-0.4, -0.2) is 44.2 Å². The molecule has 1 saturated heterocycles. The van der Waals surface area contributed by atoms with Crippen molar-refractivity contribution >= 4 is 39.1 Å². The van der Waals surface area contributed by atoms with Gasteiger partial charge in [-0.25, -0.2) is 13.3 Å². The second-order valence-electron chi connectivity index (χ2n) is 8.29. The summed E-state index contributed by atoms with van der Waals surface area (Å²) in [5.74, 6) is -0.504. The van der Waals surface area contributed by atoms with E-state index >= 15 is 0 Å². The average molecular weight is 513 g/mol. The number of aryl methyl sites for hydroxylation is 1. The van der Waals surface area contributed by atoms with Crippen molar-refractivity contribution in [1.82, 2.24) is 4.31 Å². The van der Waals surface area contributed by atoms with Crippen molar-refractivity contribution in [3.8, 4) is 5.75 Å². The van der Waals surface area contributed by atoms with Crippen molar-refractivity contribution in [1.29, 1.82) is 0 Å². The first-order valence-electron chi connectivity index (χ1n) is 11.0. The average Bonchev–Trinajstić information content (AvgIpc) is 3.13. The molecule has 2 amide bonds. The van der Waals surface area contributed by atoms with E-state index in [1.54, 1.807) is 54.6 Å². The van der Waals surface area contributed by atoms with E-state index in [4.69, 9.17) is 16.3 Å². The number of methoxy groups -OCH3 is 1. The molecule has 9 heteroatoms. The van der Waals surface area contributed by atoms with Crippen LogP contribution in [-0.2, 0) is 26.0 Å². The predicted molar refractivity (Wildman–Crippen MR) is 134 cm³/mol. The summed E-state index contributed by atoms with van der Waals surface area (Å²) >= 11 is 6.09. The summed E-state index contributed by atoms with van der Waals surface area (Å²) in [6.07, 6.45) is 0.0795. The molecule has 1 heterocycles. The van der Waals surface area contributed by atoms with Gasteiger partial charge in [0.05, 0.1) is 24.1 Å². The van der Waals surface area contributed by atoms with Crippen LogP contribution in [0.15, 0.2) is 77.7 Å². The molecule has 0 radical (unpaired) electrons. The Morgan fingerprint density at radius 2 is 1.71 bits per heavy atom. The van der Waals surface area contributed by atoms with Gasteiger partial charge in [-0.05, 0) is 67.4 Å². The maximum atomic E-state index is 13.7. The normalized spacial score (nSPS) is 16.2. The van der Waals surface area contributed by atoms with Gasteiger partial charge < -0.3 is 4.74 Å². The van der Waals surface area contributed by atoms with Crippen molar-refractivity contribution in [3.63, 3.8) is 0 Å². The zero-order valence-corrected chi connectivity index (χ0v) is 20.9. The summed E-state index contributed by atoms with van der Waals surface area (Å²) in [6, 6.07) is 18.9. The molecule has 0 N–H and O–H groups in total. The van der Waals surface area contributed by atoms with Gasteiger partial charge in [-0.15, -0.1) is 0 Å². The molecule has 1 unspecified atom stereocenters. The minimum Gasteiger partial charge on any atom is -0.497 e. The quantitative estimate of drug-likeness (QED) is 0.422. The number of hydrogen-bond acceptors (Lipinski definition) is 5. The molecule has 1 fully saturated rings. The van der Waals surface area contributed by atoms with Gasteiger partial charge in [0, 0.05) is 11.6 Å². The van der Waals surface area contributed by atoms with Crippen LogP contribution < -0.4 is 9.64 Å². The van der Waals surface area contributed by atoms with Gasteiger partial charge in [-0.1, -0.05) is 41.4 Å². The van der Waals surface area contributed by atoms with Gasteiger partial charge in [-0.2, -0.15) is 4.31 Å². The van der Waals surface area contributed by atoms with Gasteiger partial charge in [0.2, 0.25) is 15.9 Å². The lowest BCUT2D eigenvalue weighted by Crippen LogP contribution is -2.46. The molecular weight excluding hydrogens is 488 g/mol. The summed E-state index contributed by atoms with van der Waals surface area (Å²) in [7, 11) is -2.62. The first-order valence-corrected chi connectivity index (χ1v) is 12.9. The second-order valence-corrected chi connectivity index (χ2v) is 10.6. The summed E-state index contributed by atoms with van der Waals surface area (Å²) in [4.78, 5) is 27.4. The fourth-order valence-corrected chi connectivity index (χ4v) is 5.86. The number of benzene rings is 3. The third-order valence-corrected chi connectivity index (χ3v) is 8.10. The lowest BCUT2D eigenvalue weighted by molar-refractivity contribution is -0.122. The molecule has 182 valence electrons. The summed E-state index contributed by atoms with van der Waals surface area (Å²) in [5, 5.41) is 0.532. The minimum atomic E-state index is -4.11. The number of hydrogen-bond donors (Lipinski definition) is 0. The van der Waals surface area contributed by atoms with Crippen LogP contribution >= 0.6 is 11.6 Å². The summed E-state index contributed by atoms with van der Waals surface area (Å²) < 4.78 is 33.7. The molecule has 1 aliphatic heterocycles. The van der Waals surface area contributed by atoms with E-state index in [0.29, 0.717) is 22.9 Å². The van der Waals surface area contributed by atoms with Crippen molar-refractivity contribution in [3.05, 3.63) is 88.9 Å². The SMILES string of the molecule is COc1ccc(S(=O)(=O)N(CCc2cccc(Cl)c2)C2CC(=O)N(c3ccc(C)cc3)C2=O)cc1. The van der Waals surface area contributed by atoms with Crippen molar-refractivity contribution < 1.29 is 22.7 Å². The highest BCUT2D eigenvalue weighted by atomic mass is 35.5. The molecule has 0 saturated carbocycles. The van der Waals surface area contributed by atoms with Crippen molar-refractivity contribution in [2.45, 2.75) is 30.7 Å². The smallest absolute Gasteiger partial charge is 0.252 e. The number of imide groups is 1. The molecule has 0 bridgehead atoms. The minimum absolute atomic E-state index is 0.000128. The number of carbonyl (C=O) groups is 2. The van der Waals surface area contributed by atoms with E-state index in [2.05, 4.69) is 0 Å². The van der Waals surface area contributed by atoms with Gasteiger partial charge >= 0.3 is 0 Å². The van der Waals surface area contributed by atoms with E-state index in [9.17, 15) is 18.0 Å². The monoisotopic (exact) mass is 512 g/mol. The number of amides is 2. The Morgan fingerprint density at radius 3 is 2.34 bits per heavy atom. The number of ether oxygens (including phenoxy) is 1. The molecule has 1 atom stereocenters. The number of anilines is 1. The Morgan fingerprint density at radius 1 is 1.03 bits per heavy atom. The molecule has 3 aromatic carbocycles. The van der Waals surface area contributed by atoms with Gasteiger partial charge in [0.15, 0.2) is 0 Å². The van der Waals surface area contributed by atoms with Crippen LogP contribution in [0.2, 0.25) is 5.02 Å². The van der Waals surface area contributed by atoms with Gasteiger partial charge in [0.25, 0.3) is 5.91 Å². The third-order valence-electron chi connectivity index (χ3n) is 5.94. The molecule has 1 aliphatic rings. The van der Waals surface area contributed by atoms with Crippen molar-refractivity contribution in [2.24, 2.45) is 0 Å². The van der Waals surface area contributed by atoms with E-state index in [-0.39, 0.29) is 17.9 Å². The number of rotatable bonds is 8. The molecule has 7 nitrogen and oxygen atoms in total. The summed E-state index contributed by atoms with van der Waals surface area (Å²) in [6.45, 7) is 1.90. The molecular formula is C26H25ClN2O5S. The Bertz CT molecular complexity index is 1340. The maximum Gasteiger partial charge on any atom is 0.252 e. The molecule has 0 aromatic heterocycles. The molecule has 0 aliphatic carbocycles. The highest BCUT2D eigenvalue weighted by Crippen LogP contribution is 2.30. The Hall–Kier alpha value is -3.20. The topological polar surface area (TPSA) is 84.0 Å². The number of sulfonamides is 1. The Kier molecular flexibility index (Phi) is 7.25. The number of carbonyl (C=O) groups excluding carboxylic acids is 2. The van der Waals surface area contributed by atoms with Crippen molar-refractivity contribution in [2.75, 3.05) is 18.6 Å². The first kappa shape index (κ1) is 24.9. The van der Waals surface area contributed by atoms with E-state index < -0.39 is 27.9 Å². The van der Waals surface area contributed by atoms with E-state index in [1.165, 1.54) is 19.2 Å². The zero-order valence-electron chi connectivity index (χ0n) is 19.3. The van der Waals surface area contributed by atoms with E-state index in [1.807, 2.05) is 13.0 Å². The van der Waals surface area contributed by atoms with Crippen LogP contribution in [0.1, 0.15) is 17.5 Å². The third kappa shape index (κ3) is 5.24. The van der Waals surface area contributed by atoms with Crippen LogP contribution in [0.5, 0.6) is 5.75 Å². The number of nitrogens with zero attached hydrogens (tertiary/aromatic N) is 2. The lowest BCUT2D eigenvalue weighted by Gasteiger charge is -2.27. The zero-order chi connectivity index (χ0) is 25.2. The van der Waals surface area contributed by atoms with Crippen LogP contribution in [0.4, 0.5) is 5.69 Å². The lowest BCUT2D eigenvalue weighted by atomic mass is 10.1. The van der Waals surface area contributed by atoms with Crippen LogP contribution in [0.3, 0.4) is 0 Å². The predicted octanol–water partition coefficient (Wildman–Crippen LogP) is 4.22. The Balaban J connectivity index is 1.69. The van der Waals surface area contributed by atoms with Gasteiger partial charge in [0.1, 0.15) is 11.8 Å². The largest absolute Gasteiger partial charge is 0.497 e. The van der Waals surface area contributed by atoms with Crippen LogP contribution in [0, 0.1) is 6.92 Å². The molecule has 35 heavy (non-hydrogen) atoms. The molecule has 3 aromatic rings. The Labute approximate surface area is 209 Å². The molecule has 4 rings (SSSR count). The fourth-order valence-electron chi connectivity index (χ4n) is 4.06. The first-order chi connectivity index (χ1) is 16.7. The fraction of sp³-hybridized carbons (Fsp3) is 0.231. The summed E-state index contributed by atoms with van der Waals surface area (Å²) in [5.41, 5.74) is 2.22. The van der Waals surface area contributed by atoms with Crippen LogP contribution in [0.25, 0.3) is 0 Å². The highest BCUT2D eigenvalue weighted by Gasteiger charge is 2.46. The standard InChI is InChI=1S/C26H25ClN2O5S/c1-18-6-8-21(9-7-18)29-25(30)17-24(26(29)31)28(15-14-19-4-3-5-20(27)16-19)35(32,33)23-12-10-22(34-2)11-13-23/h3-13,16,24H,14-15,17H2,1-2H3. The molecule has 0 spiro atoms. The van der Waals surface area contributed by atoms with Gasteiger partial charge in [-0.3, -0.25) is 9.59 Å². The number of halogens is 1. The highest BCUT2D eigenvalue weighted by molar-refractivity contribution is 7.89. The maximum absolute atomic E-state index is 13.7. The second kappa shape index (κ2) is 10.2.